The highest BCUT2D eigenvalue weighted by atomic mass is 32.1. The molecule has 2 aromatic heterocycles. The maximum Gasteiger partial charge on any atom is 0.338 e. The minimum Gasteiger partial charge on any atom is -0.459 e. The van der Waals surface area contributed by atoms with Crippen molar-refractivity contribution in [2.24, 2.45) is 0 Å². The predicted molar refractivity (Wildman–Crippen MR) is 174 cm³/mol. The number of hydrogen-bond acceptors (Lipinski definition) is 5. The molecule has 0 saturated carbocycles. The van der Waals surface area contributed by atoms with Crippen molar-refractivity contribution in [2.75, 3.05) is 0 Å². The van der Waals surface area contributed by atoms with E-state index >= 15 is 0 Å². The van der Waals surface area contributed by atoms with Crippen LogP contribution >= 0.6 is 22.7 Å². The van der Waals surface area contributed by atoms with E-state index in [4.69, 9.17) is 4.74 Å². The van der Waals surface area contributed by atoms with E-state index in [9.17, 15) is 9.59 Å². The third-order valence-corrected chi connectivity index (χ3v) is 9.54. The molecule has 4 rings (SSSR count). The van der Waals surface area contributed by atoms with E-state index in [0.717, 1.165) is 40.8 Å². The number of esters is 1. The highest BCUT2D eigenvalue weighted by Gasteiger charge is 2.15. The summed E-state index contributed by atoms with van der Waals surface area (Å²) in [4.78, 5) is 29.2. The van der Waals surface area contributed by atoms with E-state index in [1.165, 1.54) is 66.0 Å². The Morgan fingerprint density at radius 3 is 2.02 bits per heavy atom. The van der Waals surface area contributed by atoms with Gasteiger partial charge in [-0.2, -0.15) is 0 Å². The number of ether oxygens (including phenoxy) is 1. The van der Waals surface area contributed by atoms with Gasteiger partial charge in [0.1, 0.15) is 0 Å². The van der Waals surface area contributed by atoms with Gasteiger partial charge in [-0.1, -0.05) is 88.8 Å². The quantitative estimate of drug-likeness (QED) is 0.0745. The lowest BCUT2D eigenvalue weighted by atomic mass is 10.0. The van der Waals surface area contributed by atoms with Gasteiger partial charge in [-0.05, 0) is 74.1 Å². The van der Waals surface area contributed by atoms with Gasteiger partial charge in [0.25, 0.3) is 0 Å². The predicted octanol–water partition coefficient (Wildman–Crippen LogP) is 11.0. The van der Waals surface area contributed by atoms with Gasteiger partial charge in [-0.25, -0.2) is 4.79 Å². The molecule has 0 radical (unpaired) electrons. The molecule has 0 bridgehead atoms. The van der Waals surface area contributed by atoms with Gasteiger partial charge in [0.15, 0.2) is 0 Å². The largest absolute Gasteiger partial charge is 0.459 e. The van der Waals surface area contributed by atoms with Crippen molar-refractivity contribution in [3.63, 3.8) is 0 Å². The number of aryl methyl sites for hydroxylation is 1. The van der Waals surface area contributed by atoms with Crippen LogP contribution in [0.5, 0.6) is 0 Å². The number of hydrogen-bond donors (Lipinski definition) is 0. The van der Waals surface area contributed by atoms with E-state index in [-0.39, 0.29) is 17.9 Å². The molecule has 0 aliphatic rings. The maximum absolute atomic E-state index is 13.2. The normalized spacial score (nSPS) is 11.9. The molecule has 0 spiro atoms. The third-order valence-electron chi connectivity index (χ3n) is 7.42. The molecule has 0 saturated heterocycles. The molecule has 1 atom stereocenters. The Bertz CT molecular complexity index is 1380. The van der Waals surface area contributed by atoms with Crippen LogP contribution < -0.4 is 0 Å². The fraction of sp³-hybridized carbons (Fsp3) is 0.389. The molecule has 4 aromatic rings. The number of unbranched alkanes of at least 4 members (excludes halogenated alkanes) is 6. The maximum atomic E-state index is 13.2. The van der Waals surface area contributed by atoms with Crippen molar-refractivity contribution in [1.29, 1.82) is 0 Å². The van der Waals surface area contributed by atoms with Crippen LogP contribution in [0.3, 0.4) is 0 Å². The van der Waals surface area contributed by atoms with Crippen molar-refractivity contribution in [3.8, 4) is 21.6 Å². The molecule has 0 fully saturated rings. The summed E-state index contributed by atoms with van der Waals surface area (Å²) in [6.07, 6.45) is 11.7. The van der Waals surface area contributed by atoms with Crippen molar-refractivity contribution in [2.45, 2.75) is 91.1 Å². The fourth-order valence-electron chi connectivity index (χ4n) is 4.90. The second-order valence-electron chi connectivity index (χ2n) is 10.8. The van der Waals surface area contributed by atoms with Crippen LogP contribution in [0.2, 0.25) is 0 Å². The van der Waals surface area contributed by atoms with E-state index in [2.05, 4.69) is 31.4 Å². The number of ketones is 1. The summed E-state index contributed by atoms with van der Waals surface area (Å²) in [5, 5.41) is 2.09. The third kappa shape index (κ3) is 8.98. The Labute approximate surface area is 253 Å². The first-order chi connectivity index (χ1) is 20.0. The van der Waals surface area contributed by atoms with Gasteiger partial charge in [0, 0.05) is 26.3 Å². The minimum absolute atomic E-state index is 0.0473. The van der Waals surface area contributed by atoms with E-state index in [1.54, 1.807) is 0 Å². The van der Waals surface area contributed by atoms with Crippen LogP contribution in [0.4, 0.5) is 0 Å². The minimum atomic E-state index is -0.276. The van der Waals surface area contributed by atoms with Crippen LogP contribution in [-0.4, -0.2) is 17.9 Å². The summed E-state index contributed by atoms with van der Waals surface area (Å²) in [5.41, 5.74) is 4.36. The summed E-state index contributed by atoms with van der Waals surface area (Å²) >= 11 is 3.35. The lowest BCUT2D eigenvalue weighted by molar-refractivity contribution is 0.0319. The molecule has 5 heteroatoms. The van der Waals surface area contributed by atoms with Gasteiger partial charge in [0.05, 0.1) is 16.5 Å². The Balaban J connectivity index is 1.32. The van der Waals surface area contributed by atoms with E-state index in [0.29, 0.717) is 11.1 Å². The van der Waals surface area contributed by atoms with Gasteiger partial charge in [-0.3, -0.25) is 4.79 Å². The summed E-state index contributed by atoms with van der Waals surface area (Å²) in [5.74, 6) is -0.229. The molecular formula is C36H42O3S2. The molecule has 0 amide bonds. The zero-order valence-electron chi connectivity index (χ0n) is 24.6. The second kappa shape index (κ2) is 15.8. The summed E-state index contributed by atoms with van der Waals surface area (Å²) in [7, 11) is 0. The molecule has 2 aromatic carbocycles. The van der Waals surface area contributed by atoms with Crippen molar-refractivity contribution in [1.82, 2.24) is 0 Å². The first-order valence-electron chi connectivity index (χ1n) is 15.1. The Hall–Kier alpha value is -3.02. The van der Waals surface area contributed by atoms with Crippen molar-refractivity contribution in [3.05, 3.63) is 93.0 Å². The average molecular weight is 587 g/mol. The molecule has 216 valence electrons. The molecule has 2 heterocycles. The second-order valence-corrected chi connectivity index (χ2v) is 12.9. The van der Waals surface area contributed by atoms with Gasteiger partial charge in [-0.15, -0.1) is 22.7 Å². The number of benzene rings is 2. The molecule has 41 heavy (non-hydrogen) atoms. The molecular weight excluding hydrogens is 545 g/mol. The monoisotopic (exact) mass is 586 g/mol. The highest BCUT2D eigenvalue weighted by molar-refractivity contribution is 7.16. The van der Waals surface area contributed by atoms with Crippen LogP contribution in [-0.2, 0) is 11.2 Å². The molecule has 3 nitrogen and oxygen atoms in total. The topological polar surface area (TPSA) is 43.4 Å². The number of carbonyl (C=O) groups is 2. The Kier molecular flexibility index (Phi) is 11.9. The first kappa shape index (κ1) is 30.9. The molecule has 0 aliphatic heterocycles. The molecule has 0 N–H and O–H groups in total. The Morgan fingerprint density at radius 2 is 1.37 bits per heavy atom. The number of thiophene rings is 2. The Morgan fingerprint density at radius 1 is 0.732 bits per heavy atom. The lowest BCUT2D eigenvalue weighted by Gasteiger charge is -2.13. The summed E-state index contributed by atoms with van der Waals surface area (Å²) in [6, 6.07) is 21.7. The highest BCUT2D eigenvalue weighted by Crippen LogP contribution is 2.33. The van der Waals surface area contributed by atoms with E-state index < -0.39 is 0 Å². The summed E-state index contributed by atoms with van der Waals surface area (Å²) in [6.45, 7) is 6.40. The van der Waals surface area contributed by atoms with Gasteiger partial charge < -0.3 is 4.74 Å². The first-order valence-corrected chi connectivity index (χ1v) is 16.8. The van der Waals surface area contributed by atoms with Crippen LogP contribution in [0.25, 0.3) is 21.6 Å². The van der Waals surface area contributed by atoms with Crippen LogP contribution in [0.15, 0.2) is 72.1 Å². The number of rotatable bonds is 16. The van der Waals surface area contributed by atoms with Gasteiger partial charge in [0.2, 0.25) is 5.78 Å². The molecule has 0 unspecified atom stereocenters. The zero-order valence-corrected chi connectivity index (χ0v) is 26.3. The van der Waals surface area contributed by atoms with Crippen molar-refractivity contribution < 1.29 is 14.3 Å². The van der Waals surface area contributed by atoms with Crippen LogP contribution in [0.1, 0.15) is 109 Å². The van der Waals surface area contributed by atoms with E-state index in [1.807, 2.05) is 72.9 Å². The SMILES string of the molecule is CCCCCCc1ccc(-c2csc(C(=O)c3ccc(-c4ccc(C(=O)O[C@@H](C)CCCCCC)cc4)cc3)c2)s1. The summed E-state index contributed by atoms with van der Waals surface area (Å²) < 4.78 is 5.63. The standard InChI is InChI=1S/C36H42O3S2/c1-4-6-8-10-12-26(3)39-36(38)30-20-16-28(17-21-30)27-14-18-29(19-15-27)35(37)34-24-31(25-40-34)33-23-22-32(41-33)13-11-9-7-5-2/h14-26H,4-13H2,1-3H3/t26-/m0/s1. The smallest absolute Gasteiger partial charge is 0.338 e. The number of carbonyl (C=O) groups excluding carboxylic acids is 2. The molecule has 0 aliphatic carbocycles. The zero-order chi connectivity index (χ0) is 29.0. The lowest BCUT2D eigenvalue weighted by Crippen LogP contribution is -2.15. The fourth-order valence-corrected chi connectivity index (χ4v) is 6.88. The average Bonchev–Trinajstić information content (AvgIpc) is 3.68. The van der Waals surface area contributed by atoms with Crippen molar-refractivity contribution >= 4 is 34.4 Å². The van der Waals surface area contributed by atoms with Gasteiger partial charge >= 0.3 is 5.97 Å². The van der Waals surface area contributed by atoms with Crippen LogP contribution in [0, 0.1) is 0 Å².